The fourth-order valence-electron chi connectivity index (χ4n) is 2.32. The van der Waals surface area contributed by atoms with Gasteiger partial charge >= 0.3 is 12.1 Å². The van der Waals surface area contributed by atoms with E-state index < -0.39 is 17.4 Å². The van der Waals surface area contributed by atoms with Crippen molar-refractivity contribution in [1.29, 1.82) is 0 Å². The number of halogens is 1. The number of likely N-dealkylation sites (tertiary alicyclic amines) is 1. The van der Waals surface area contributed by atoms with Gasteiger partial charge < -0.3 is 14.4 Å². The molecule has 1 aromatic rings. The molecule has 0 bridgehead atoms. The van der Waals surface area contributed by atoms with Gasteiger partial charge in [0.15, 0.2) is 0 Å². The Kier molecular flexibility index (Phi) is 5.23. The van der Waals surface area contributed by atoms with Crippen molar-refractivity contribution in [3.05, 3.63) is 35.6 Å². The van der Waals surface area contributed by atoms with Crippen molar-refractivity contribution < 1.29 is 23.5 Å². The average Bonchev–Trinajstić information content (AvgIpc) is 2.46. The number of esters is 1. The largest absolute Gasteiger partial charge is 0.459 e. The Bertz CT molecular complexity index is 574. The molecule has 0 radical (unpaired) electrons. The van der Waals surface area contributed by atoms with Crippen LogP contribution in [0.3, 0.4) is 0 Å². The standard InChI is InChI=1S/C17H22FNO4/c1-17(2,3)23-16(21)19-10-8-12(9-11-19)22-15(20)13-6-4-5-7-14(13)18/h4-7,12H,8-11H2,1-3H3. The Morgan fingerprint density at radius 1 is 1.17 bits per heavy atom. The molecule has 1 fully saturated rings. The number of hydrogen-bond donors (Lipinski definition) is 0. The maximum absolute atomic E-state index is 13.5. The van der Waals surface area contributed by atoms with Crippen molar-refractivity contribution in [1.82, 2.24) is 4.90 Å². The topological polar surface area (TPSA) is 55.8 Å². The minimum absolute atomic E-state index is 0.0675. The normalized spacial score (nSPS) is 16.1. The van der Waals surface area contributed by atoms with E-state index in [2.05, 4.69) is 0 Å². The fraction of sp³-hybridized carbons (Fsp3) is 0.529. The molecule has 126 valence electrons. The molecule has 2 rings (SSSR count). The number of rotatable bonds is 2. The fourth-order valence-corrected chi connectivity index (χ4v) is 2.32. The molecule has 1 aliphatic rings. The molecule has 23 heavy (non-hydrogen) atoms. The highest BCUT2D eigenvalue weighted by Crippen LogP contribution is 2.19. The van der Waals surface area contributed by atoms with Crippen molar-refractivity contribution in [2.75, 3.05) is 13.1 Å². The second-order valence-electron chi connectivity index (χ2n) is 6.55. The second-order valence-corrected chi connectivity index (χ2v) is 6.55. The first-order chi connectivity index (χ1) is 10.8. The van der Waals surface area contributed by atoms with Crippen molar-refractivity contribution >= 4 is 12.1 Å². The first-order valence-electron chi connectivity index (χ1n) is 7.70. The summed E-state index contributed by atoms with van der Waals surface area (Å²) in [4.78, 5) is 25.5. The number of amides is 1. The summed E-state index contributed by atoms with van der Waals surface area (Å²) in [5.74, 6) is -1.26. The summed E-state index contributed by atoms with van der Waals surface area (Å²) in [6, 6.07) is 5.73. The summed E-state index contributed by atoms with van der Waals surface area (Å²) in [7, 11) is 0. The molecule has 0 atom stereocenters. The number of carbonyl (C=O) groups is 2. The summed E-state index contributed by atoms with van der Waals surface area (Å²) >= 11 is 0. The number of hydrogen-bond acceptors (Lipinski definition) is 4. The van der Waals surface area contributed by atoms with Crippen molar-refractivity contribution in [3.63, 3.8) is 0 Å². The molecular weight excluding hydrogens is 301 g/mol. The lowest BCUT2D eigenvalue weighted by Crippen LogP contribution is -2.43. The molecule has 5 nitrogen and oxygen atoms in total. The van der Waals surface area contributed by atoms with Gasteiger partial charge in [0, 0.05) is 25.9 Å². The molecule has 1 amide bonds. The summed E-state index contributed by atoms with van der Waals surface area (Å²) in [5.41, 5.74) is -0.604. The van der Waals surface area contributed by atoms with Gasteiger partial charge in [-0.05, 0) is 32.9 Å². The molecular formula is C17H22FNO4. The van der Waals surface area contributed by atoms with E-state index in [1.165, 1.54) is 18.2 Å². The SMILES string of the molecule is CC(C)(C)OC(=O)N1CCC(OC(=O)c2ccccc2F)CC1. The Morgan fingerprint density at radius 2 is 1.78 bits per heavy atom. The first kappa shape index (κ1) is 17.2. The number of carbonyl (C=O) groups excluding carboxylic acids is 2. The van der Waals surface area contributed by atoms with E-state index in [9.17, 15) is 14.0 Å². The van der Waals surface area contributed by atoms with Crippen LogP contribution in [0.25, 0.3) is 0 Å². The molecule has 6 heteroatoms. The van der Waals surface area contributed by atoms with Crippen LogP contribution in [0.4, 0.5) is 9.18 Å². The van der Waals surface area contributed by atoms with Crippen LogP contribution in [0.15, 0.2) is 24.3 Å². The molecule has 1 saturated heterocycles. The molecule has 0 saturated carbocycles. The van der Waals surface area contributed by atoms with Gasteiger partial charge in [-0.25, -0.2) is 14.0 Å². The summed E-state index contributed by atoms with van der Waals surface area (Å²) < 4.78 is 24.2. The van der Waals surface area contributed by atoms with Crippen LogP contribution in [-0.2, 0) is 9.47 Å². The van der Waals surface area contributed by atoms with Gasteiger partial charge in [-0.2, -0.15) is 0 Å². The monoisotopic (exact) mass is 323 g/mol. The van der Waals surface area contributed by atoms with Crippen LogP contribution in [0.1, 0.15) is 44.0 Å². The molecule has 0 N–H and O–H groups in total. The van der Waals surface area contributed by atoms with Gasteiger partial charge in [0.25, 0.3) is 0 Å². The number of nitrogens with zero attached hydrogens (tertiary/aromatic N) is 1. The Morgan fingerprint density at radius 3 is 2.35 bits per heavy atom. The first-order valence-corrected chi connectivity index (χ1v) is 7.70. The Balaban J connectivity index is 1.84. The minimum atomic E-state index is -0.668. The molecule has 0 aliphatic carbocycles. The van der Waals surface area contributed by atoms with E-state index in [4.69, 9.17) is 9.47 Å². The molecule has 0 aromatic heterocycles. The van der Waals surface area contributed by atoms with E-state index in [0.717, 1.165) is 0 Å². The zero-order valence-corrected chi connectivity index (χ0v) is 13.7. The summed E-state index contributed by atoms with van der Waals surface area (Å²) in [5, 5.41) is 0. The van der Waals surface area contributed by atoms with Crippen LogP contribution in [-0.4, -0.2) is 41.8 Å². The highest BCUT2D eigenvalue weighted by Gasteiger charge is 2.29. The molecule has 1 aliphatic heterocycles. The van der Waals surface area contributed by atoms with E-state index in [1.54, 1.807) is 11.0 Å². The van der Waals surface area contributed by atoms with Gasteiger partial charge in [0.2, 0.25) is 0 Å². The van der Waals surface area contributed by atoms with E-state index in [-0.39, 0.29) is 17.8 Å². The molecule has 0 spiro atoms. The van der Waals surface area contributed by atoms with Gasteiger partial charge in [-0.1, -0.05) is 12.1 Å². The van der Waals surface area contributed by atoms with E-state index in [1.807, 2.05) is 20.8 Å². The van der Waals surface area contributed by atoms with Gasteiger partial charge in [-0.15, -0.1) is 0 Å². The number of piperidine rings is 1. The maximum atomic E-state index is 13.5. The minimum Gasteiger partial charge on any atom is -0.459 e. The van der Waals surface area contributed by atoms with Crippen molar-refractivity contribution in [3.8, 4) is 0 Å². The van der Waals surface area contributed by atoms with Gasteiger partial charge in [0.05, 0.1) is 5.56 Å². The third kappa shape index (κ3) is 4.94. The van der Waals surface area contributed by atoms with Crippen LogP contribution >= 0.6 is 0 Å². The molecule has 0 unspecified atom stereocenters. The van der Waals surface area contributed by atoms with Crippen molar-refractivity contribution in [2.45, 2.75) is 45.3 Å². The smallest absolute Gasteiger partial charge is 0.410 e. The number of benzene rings is 1. The highest BCUT2D eigenvalue weighted by molar-refractivity contribution is 5.89. The third-order valence-electron chi connectivity index (χ3n) is 3.46. The van der Waals surface area contributed by atoms with E-state index in [0.29, 0.717) is 25.9 Å². The predicted molar refractivity (Wildman–Crippen MR) is 82.6 cm³/mol. The highest BCUT2D eigenvalue weighted by atomic mass is 19.1. The van der Waals surface area contributed by atoms with Crippen molar-refractivity contribution in [2.24, 2.45) is 0 Å². The summed E-state index contributed by atoms with van der Waals surface area (Å²) in [6.07, 6.45) is 0.343. The Labute approximate surface area is 135 Å². The van der Waals surface area contributed by atoms with Gasteiger partial charge in [-0.3, -0.25) is 0 Å². The maximum Gasteiger partial charge on any atom is 0.410 e. The predicted octanol–water partition coefficient (Wildman–Crippen LogP) is 3.38. The van der Waals surface area contributed by atoms with Crippen LogP contribution < -0.4 is 0 Å². The summed E-state index contributed by atoms with van der Waals surface area (Å²) in [6.45, 7) is 6.34. The zero-order chi connectivity index (χ0) is 17.0. The molecule has 1 heterocycles. The lowest BCUT2D eigenvalue weighted by Gasteiger charge is -2.33. The zero-order valence-electron chi connectivity index (χ0n) is 13.7. The number of ether oxygens (including phenoxy) is 2. The second kappa shape index (κ2) is 6.98. The lowest BCUT2D eigenvalue weighted by atomic mass is 10.1. The van der Waals surface area contributed by atoms with Crippen LogP contribution in [0.2, 0.25) is 0 Å². The average molecular weight is 323 g/mol. The van der Waals surface area contributed by atoms with E-state index >= 15 is 0 Å². The third-order valence-corrected chi connectivity index (χ3v) is 3.46. The van der Waals surface area contributed by atoms with Crippen LogP contribution in [0, 0.1) is 5.82 Å². The van der Waals surface area contributed by atoms with Gasteiger partial charge in [0.1, 0.15) is 17.5 Å². The Hall–Kier alpha value is -2.11. The lowest BCUT2D eigenvalue weighted by molar-refractivity contribution is -0.00360. The quantitative estimate of drug-likeness (QED) is 0.783. The molecule has 1 aromatic carbocycles. The van der Waals surface area contributed by atoms with Crippen LogP contribution in [0.5, 0.6) is 0 Å².